The molecule has 7 heteroatoms. The second kappa shape index (κ2) is 9.46. The van der Waals surface area contributed by atoms with Crippen molar-refractivity contribution in [2.24, 2.45) is 0 Å². The number of anilines is 1. The van der Waals surface area contributed by atoms with Crippen molar-refractivity contribution in [3.05, 3.63) is 86.6 Å². The number of para-hydroxylation sites is 1. The Morgan fingerprint density at radius 2 is 1.91 bits per heavy atom. The second-order valence-corrected chi connectivity index (χ2v) is 9.72. The molecule has 2 aromatic rings. The van der Waals surface area contributed by atoms with Crippen LogP contribution in [0.5, 0.6) is 0 Å². The fourth-order valence-electron chi connectivity index (χ4n) is 4.63. The van der Waals surface area contributed by atoms with Crippen molar-refractivity contribution in [2.75, 3.05) is 10.7 Å². The lowest BCUT2D eigenvalue weighted by Crippen LogP contribution is -2.37. The van der Waals surface area contributed by atoms with Gasteiger partial charge in [-0.15, -0.1) is 0 Å². The van der Waals surface area contributed by atoms with Crippen molar-refractivity contribution in [1.29, 1.82) is 5.26 Å². The zero-order valence-electron chi connectivity index (χ0n) is 18.7. The SMILES string of the molecule is CC(=O)C1=C(C)NC(SCC(=O)N2c3ccccc3CC2C)=C(C#N)C1c1ccc(Cl)cc1. The Hall–Kier alpha value is -3.01. The number of carbonyl (C=O) groups is 2. The number of hydrogen-bond donors (Lipinski definition) is 1. The molecule has 0 saturated heterocycles. The number of hydrogen-bond acceptors (Lipinski definition) is 5. The molecule has 2 aliphatic heterocycles. The minimum Gasteiger partial charge on any atom is -0.353 e. The second-order valence-electron chi connectivity index (χ2n) is 8.29. The molecule has 2 aromatic carbocycles. The van der Waals surface area contributed by atoms with Gasteiger partial charge in [0.1, 0.15) is 0 Å². The van der Waals surface area contributed by atoms with Crippen molar-refractivity contribution in [3.63, 3.8) is 0 Å². The number of ketones is 1. The number of nitrogens with zero attached hydrogens (tertiary/aromatic N) is 2. The first-order valence-corrected chi connectivity index (χ1v) is 12.1. The smallest absolute Gasteiger partial charge is 0.237 e. The maximum absolute atomic E-state index is 13.2. The summed E-state index contributed by atoms with van der Waals surface area (Å²) in [5, 5.41) is 14.5. The van der Waals surface area contributed by atoms with E-state index in [-0.39, 0.29) is 23.5 Å². The van der Waals surface area contributed by atoms with E-state index in [2.05, 4.69) is 17.5 Å². The lowest BCUT2D eigenvalue weighted by molar-refractivity contribution is -0.116. The van der Waals surface area contributed by atoms with E-state index in [1.54, 1.807) is 12.1 Å². The fraction of sp³-hybridized carbons (Fsp3) is 0.269. The predicted molar refractivity (Wildman–Crippen MR) is 133 cm³/mol. The van der Waals surface area contributed by atoms with Crippen molar-refractivity contribution < 1.29 is 9.59 Å². The highest BCUT2D eigenvalue weighted by atomic mass is 35.5. The third-order valence-electron chi connectivity index (χ3n) is 6.05. The number of rotatable bonds is 5. The molecule has 1 amide bonds. The third kappa shape index (κ3) is 4.44. The van der Waals surface area contributed by atoms with Crippen LogP contribution in [-0.2, 0) is 16.0 Å². The van der Waals surface area contributed by atoms with Gasteiger partial charge in [0.25, 0.3) is 0 Å². The molecule has 2 atom stereocenters. The normalized spacial score (nSPS) is 19.8. The molecule has 5 nitrogen and oxygen atoms in total. The van der Waals surface area contributed by atoms with Gasteiger partial charge in [-0.1, -0.05) is 53.7 Å². The fourth-order valence-corrected chi connectivity index (χ4v) is 5.71. The Balaban J connectivity index is 1.63. The zero-order chi connectivity index (χ0) is 23.7. The molecule has 0 saturated carbocycles. The highest BCUT2D eigenvalue weighted by molar-refractivity contribution is 8.03. The Morgan fingerprint density at radius 3 is 2.58 bits per heavy atom. The largest absolute Gasteiger partial charge is 0.353 e. The predicted octanol–water partition coefficient (Wildman–Crippen LogP) is 5.34. The van der Waals surface area contributed by atoms with Crippen molar-refractivity contribution in [1.82, 2.24) is 5.32 Å². The van der Waals surface area contributed by atoms with E-state index in [0.29, 0.717) is 26.9 Å². The van der Waals surface area contributed by atoms with Crippen molar-refractivity contribution in [2.45, 2.75) is 39.2 Å². The average Bonchev–Trinajstić information content (AvgIpc) is 3.13. The van der Waals surface area contributed by atoms with Crippen molar-refractivity contribution in [3.8, 4) is 6.07 Å². The van der Waals surface area contributed by atoms with Gasteiger partial charge in [0.15, 0.2) is 5.78 Å². The molecule has 2 unspecified atom stereocenters. The van der Waals surface area contributed by atoms with Gasteiger partial charge >= 0.3 is 0 Å². The van der Waals surface area contributed by atoms with Gasteiger partial charge in [-0.25, -0.2) is 0 Å². The standard InChI is InChI=1S/C26H24ClN3O2S/c1-15-12-19-6-4-5-7-22(19)30(15)23(32)14-33-26-21(13-28)25(18-8-10-20(27)11-9-18)24(17(3)31)16(2)29-26/h4-11,15,25,29H,12,14H2,1-3H3. The lowest BCUT2D eigenvalue weighted by atomic mass is 9.81. The summed E-state index contributed by atoms with van der Waals surface area (Å²) in [6.45, 7) is 5.38. The van der Waals surface area contributed by atoms with Crippen LogP contribution in [0.4, 0.5) is 5.69 Å². The summed E-state index contributed by atoms with van der Waals surface area (Å²) in [5.74, 6) is -0.432. The van der Waals surface area contributed by atoms with Gasteiger partial charge in [0.2, 0.25) is 5.91 Å². The number of Topliss-reactive ketones (excluding diaryl/α,β-unsaturated/α-hetero) is 1. The number of benzene rings is 2. The molecule has 1 N–H and O–H groups in total. The lowest BCUT2D eigenvalue weighted by Gasteiger charge is -2.30. The van der Waals surface area contributed by atoms with Crippen LogP contribution in [0.25, 0.3) is 0 Å². The summed E-state index contributed by atoms with van der Waals surface area (Å²) >= 11 is 7.36. The summed E-state index contributed by atoms with van der Waals surface area (Å²) in [7, 11) is 0. The van der Waals surface area contributed by atoms with Crippen LogP contribution < -0.4 is 10.2 Å². The molecule has 0 aromatic heterocycles. The number of halogens is 1. The van der Waals surface area contributed by atoms with Crippen LogP contribution in [0.15, 0.2) is 70.4 Å². The van der Waals surface area contributed by atoms with E-state index < -0.39 is 5.92 Å². The number of carbonyl (C=O) groups excluding carboxylic acids is 2. The highest BCUT2D eigenvalue weighted by Crippen LogP contribution is 2.41. The van der Waals surface area contributed by atoms with Gasteiger partial charge in [-0.05, 0) is 56.5 Å². The Morgan fingerprint density at radius 1 is 1.21 bits per heavy atom. The number of dihydropyridines is 1. The molecule has 0 radical (unpaired) electrons. The minimum atomic E-state index is -0.505. The van der Waals surface area contributed by atoms with E-state index >= 15 is 0 Å². The highest BCUT2D eigenvalue weighted by Gasteiger charge is 2.34. The Labute approximate surface area is 203 Å². The van der Waals surface area contributed by atoms with E-state index in [0.717, 1.165) is 17.7 Å². The molecule has 0 fully saturated rings. The third-order valence-corrected chi connectivity index (χ3v) is 7.30. The maximum Gasteiger partial charge on any atom is 0.237 e. The van der Waals surface area contributed by atoms with Crippen LogP contribution in [0.2, 0.25) is 5.02 Å². The van der Waals surface area contributed by atoms with Crippen LogP contribution in [0.1, 0.15) is 37.8 Å². The molecule has 0 aliphatic carbocycles. The molecule has 33 heavy (non-hydrogen) atoms. The van der Waals surface area contributed by atoms with Crippen LogP contribution >= 0.6 is 23.4 Å². The molecule has 0 bridgehead atoms. The quantitative estimate of drug-likeness (QED) is 0.629. The number of nitriles is 1. The first kappa shape index (κ1) is 23.2. The molecule has 0 spiro atoms. The molecule has 2 heterocycles. The topological polar surface area (TPSA) is 73.2 Å². The van der Waals surface area contributed by atoms with Crippen molar-refractivity contribution >= 4 is 40.7 Å². The number of amides is 1. The first-order chi connectivity index (χ1) is 15.8. The first-order valence-electron chi connectivity index (χ1n) is 10.7. The Bertz CT molecular complexity index is 1230. The van der Waals surface area contributed by atoms with E-state index in [1.807, 2.05) is 49.1 Å². The van der Waals surface area contributed by atoms with Gasteiger partial charge < -0.3 is 10.2 Å². The van der Waals surface area contributed by atoms with Gasteiger partial charge in [0, 0.05) is 28.0 Å². The summed E-state index contributed by atoms with van der Waals surface area (Å²) in [4.78, 5) is 27.5. The maximum atomic E-state index is 13.2. The van der Waals surface area contributed by atoms with Gasteiger partial charge in [0.05, 0.1) is 28.3 Å². The summed E-state index contributed by atoms with van der Waals surface area (Å²) in [6, 6.07) is 17.5. The van der Waals surface area contributed by atoms with E-state index in [4.69, 9.17) is 11.6 Å². The molecule has 2 aliphatic rings. The molecular weight excluding hydrogens is 454 g/mol. The van der Waals surface area contributed by atoms with E-state index in [1.165, 1.54) is 24.2 Å². The monoisotopic (exact) mass is 477 g/mol. The summed E-state index contributed by atoms with van der Waals surface area (Å²) in [6.07, 6.45) is 0.833. The zero-order valence-corrected chi connectivity index (χ0v) is 20.3. The van der Waals surface area contributed by atoms with Crippen LogP contribution in [-0.4, -0.2) is 23.5 Å². The number of fused-ring (bicyclic) bond motifs is 1. The van der Waals surface area contributed by atoms with E-state index in [9.17, 15) is 14.9 Å². The molecule has 168 valence electrons. The Kier molecular flexibility index (Phi) is 6.64. The van der Waals surface area contributed by atoms with Crippen LogP contribution in [0.3, 0.4) is 0 Å². The molecular formula is C26H24ClN3O2S. The molecule has 4 rings (SSSR count). The average molecular weight is 478 g/mol. The number of thioether (sulfide) groups is 1. The number of nitrogens with one attached hydrogen (secondary N) is 1. The van der Waals surface area contributed by atoms with Gasteiger partial charge in [-0.2, -0.15) is 5.26 Å². The minimum absolute atomic E-state index is 0.00826. The van der Waals surface area contributed by atoms with Crippen LogP contribution in [0, 0.1) is 11.3 Å². The summed E-state index contributed by atoms with van der Waals surface area (Å²) in [5.41, 5.74) is 4.61. The van der Waals surface area contributed by atoms with Gasteiger partial charge in [-0.3, -0.25) is 9.59 Å². The summed E-state index contributed by atoms with van der Waals surface area (Å²) < 4.78 is 0. The number of allylic oxidation sites excluding steroid dienone is 3.